The van der Waals surface area contributed by atoms with Crippen molar-refractivity contribution < 1.29 is 4.79 Å². The van der Waals surface area contributed by atoms with E-state index in [-0.39, 0.29) is 5.92 Å². The van der Waals surface area contributed by atoms with E-state index < -0.39 is 0 Å². The van der Waals surface area contributed by atoms with Crippen molar-refractivity contribution in [3.63, 3.8) is 0 Å². The van der Waals surface area contributed by atoms with Crippen LogP contribution in [-0.4, -0.2) is 12.5 Å². The zero-order chi connectivity index (χ0) is 15.0. The summed E-state index contributed by atoms with van der Waals surface area (Å²) in [4.78, 5) is 12.4. The van der Waals surface area contributed by atoms with Crippen molar-refractivity contribution in [1.29, 1.82) is 0 Å². The molecule has 118 valence electrons. The fourth-order valence-corrected chi connectivity index (χ4v) is 3.29. The van der Waals surface area contributed by atoms with E-state index in [1.54, 1.807) is 0 Å². The first-order chi connectivity index (χ1) is 9.50. The predicted molar refractivity (Wildman–Crippen MR) is 86.6 cm³/mol. The Hall–Kier alpha value is -0.530. The minimum Gasteiger partial charge on any atom is -0.356 e. The zero-order valence-corrected chi connectivity index (χ0v) is 14.1. The van der Waals surface area contributed by atoms with Gasteiger partial charge in [0, 0.05) is 12.5 Å². The highest BCUT2D eigenvalue weighted by Crippen LogP contribution is 2.23. The minimum atomic E-state index is 0.280. The van der Waals surface area contributed by atoms with Gasteiger partial charge >= 0.3 is 0 Å². The lowest BCUT2D eigenvalue weighted by Gasteiger charge is -2.25. The number of hydrogen-bond donors (Lipinski definition) is 1. The highest BCUT2D eigenvalue weighted by atomic mass is 16.1. The topological polar surface area (TPSA) is 29.1 Å². The van der Waals surface area contributed by atoms with E-state index in [0.717, 1.165) is 19.4 Å². The highest BCUT2D eigenvalue weighted by molar-refractivity contribution is 5.78. The summed E-state index contributed by atoms with van der Waals surface area (Å²) >= 11 is 0. The van der Waals surface area contributed by atoms with Crippen molar-refractivity contribution >= 4 is 5.91 Å². The van der Waals surface area contributed by atoms with Crippen LogP contribution in [0, 0.1) is 23.7 Å². The van der Waals surface area contributed by atoms with E-state index in [0.29, 0.717) is 23.7 Å². The molecule has 0 aromatic heterocycles. The minimum absolute atomic E-state index is 0.280. The molecule has 0 aromatic carbocycles. The first-order valence-electron chi connectivity index (χ1n) is 8.78. The smallest absolute Gasteiger partial charge is 0.223 e. The van der Waals surface area contributed by atoms with Crippen LogP contribution >= 0.6 is 0 Å². The van der Waals surface area contributed by atoms with E-state index in [1.807, 2.05) is 0 Å². The number of amides is 1. The molecule has 0 aliphatic heterocycles. The van der Waals surface area contributed by atoms with E-state index in [2.05, 4.69) is 33.0 Å². The molecule has 0 heterocycles. The highest BCUT2D eigenvalue weighted by Gasteiger charge is 2.21. The third-order valence-electron chi connectivity index (χ3n) is 4.73. The normalized spacial score (nSPS) is 19.7. The van der Waals surface area contributed by atoms with Gasteiger partial charge in [0.05, 0.1) is 0 Å². The SMILES string of the molecule is CC(C)CC(CNC(=O)C1CCCCCCC1)C(C)C. The zero-order valence-electron chi connectivity index (χ0n) is 14.1. The molecule has 0 saturated heterocycles. The molecule has 2 heteroatoms. The molecule has 1 aliphatic carbocycles. The second-order valence-corrected chi connectivity index (χ2v) is 7.42. The maximum absolute atomic E-state index is 12.4. The molecule has 1 amide bonds. The lowest BCUT2D eigenvalue weighted by molar-refractivity contribution is -0.125. The Balaban J connectivity index is 2.38. The van der Waals surface area contributed by atoms with Gasteiger partial charge in [0.15, 0.2) is 0 Å². The second-order valence-electron chi connectivity index (χ2n) is 7.42. The molecular formula is C18H35NO. The van der Waals surface area contributed by atoms with Gasteiger partial charge in [0.2, 0.25) is 5.91 Å². The molecule has 0 spiro atoms. The molecule has 1 rings (SSSR count). The Morgan fingerprint density at radius 2 is 1.55 bits per heavy atom. The van der Waals surface area contributed by atoms with Crippen LogP contribution < -0.4 is 5.32 Å². The van der Waals surface area contributed by atoms with Crippen LogP contribution in [0.15, 0.2) is 0 Å². The lowest BCUT2D eigenvalue weighted by atomic mass is 9.87. The van der Waals surface area contributed by atoms with E-state index >= 15 is 0 Å². The molecule has 1 aliphatic rings. The van der Waals surface area contributed by atoms with E-state index in [1.165, 1.54) is 38.5 Å². The van der Waals surface area contributed by atoms with Crippen molar-refractivity contribution in [2.75, 3.05) is 6.54 Å². The first-order valence-corrected chi connectivity index (χ1v) is 8.78. The van der Waals surface area contributed by atoms with Gasteiger partial charge in [-0.3, -0.25) is 4.79 Å². The molecule has 0 radical (unpaired) electrons. The van der Waals surface area contributed by atoms with E-state index in [9.17, 15) is 4.79 Å². The first kappa shape index (κ1) is 17.5. The van der Waals surface area contributed by atoms with Gasteiger partial charge in [-0.15, -0.1) is 0 Å². The van der Waals surface area contributed by atoms with Crippen LogP contribution in [0.1, 0.15) is 79.1 Å². The van der Waals surface area contributed by atoms with Crippen LogP contribution in [-0.2, 0) is 4.79 Å². The van der Waals surface area contributed by atoms with E-state index in [4.69, 9.17) is 0 Å². The Morgan fingerprint density at radius 1 is 1.00 bits per heavy atom. The molecule has 1 saturated carbocycles. The number of nitrogens with one attached hydrogen (secondary N) is 1. The predicted octanol–water partition coefficient (Wildman–Crippen LogP) is 4.78. The summed E-state index contributed by atoms with van der Waals surface area (Å²) in [5.74, 6) is 2.58. The monoisotopic (exact) mass is 281 g/mol. The number of carbonyl (C=O) groups is 1. The van der Waals surface area contributed by atoms with Crippen LogP contribution in [0.3, 0.4) is 0 Å². The summed E-state index contributed by atoms with van der Waals surface area (Å²) in [6.45, 7) is 9.95. The maximum atomic E-state index is 12.4. The average Bonchev–Trinajstić information content (AvgIpc) is 2.32. The van der Waals surface area contributed by atoms with Gasteiger partial charge < -0.3 is 5.32 Å². The number of hydrogen-bond acceptors (Lipinski definition) is 1. The molecule has 1 unspecified atom stereocenters. The van der Waals surface area contributed by atoms with Crippen molar-refractivity contribution in [1.82, 2.24) is 5.32 Å². The van der Waals surface area contributed by atoms with Crippen molar-refractivity contribution in [2.24, 2.45) is 23.7 Å². The average molecular weight is 281 g/mol. The van der Waals surface area contributed by atoms with Crippen LogP contribution in [0.2, 0.25) is 0 Å². The summed E-state index contributed by atoms with van der Waals surface area (Å²) in [5.41, 5.74) is 0. The summed E-state index contributed by atoms with van der Waals surface area (Å²) in [7, 11) is 0. The number of rotatable bonds is 6. The van der Waals surface area contributed by atoms with Gasteiger partial charge in [-0.05, 0) is 37.0 Å². The molecule has 0 aromatic rings. The van der Waals surface area contributed by atoms with Gasteiger partial charge in [-0.2, -0.15) is 0 Å². The molecule has 1 fully saturated rings. The third kappa shape index (κ3) is 6.76. The second kappa shape index (κ2) is 9.41. The van der Waals surface area contributed by atoms with Gasteiger partial charge in [-0.25, -0.2) is 0 Å². The standard InChI is InChI=1S/C18H35NO/c1-14(2)12-17(15(3)4)13-19-18(20)16-10-8-6-5-7-9-11-16/h14-17H,5-13H2,1-4H3,(H,19,20). The van der Waals surface area contributed by atoms with Crippen molar-refractivity contribution in [3.05, 3.63) is 0 Å². The Morgan fingerprint density at radius 3 is 2.05 bits per heavy atom. The third-order valence-corrected chi connectivity index (χ3v) is 4.73. The number of carbonyl (C=O) groups excluding carboxylic acids is 1. The fourth-order valence-electron chi connectivity index (χ4n) is 3.29. The summed E-state index contributed by atoms with van der Waals surface area (Å²) < 4.78 is 0. The molecule has 2 nitrogen and oxygen atoms in total. The van der Waals surface area contributed by atoms with Gasteiger partial charge in [0.25, 0.3) is 0 Å². The van der Waals surface area contributed by atoms with Crippen LogP contribution in [0.5, 0.6) is 0 Å². The molecule has 1 N–H and O–H groups in total. The largest absolute Gasteiger partial charge is 0.356 e. The van der Waals surface area contributed by atoms with Crippen LogP contribution in [0.25, 0.3) is 0 Å². The molecular weight excluding hydrogens is 246 g/mol. The Bertz CT molecular complexity index is 265. The molecule has 0 bridgehead atoms. The lowest BCUT2D eigenvalue weighted by Crippen LogP contribution is -2.36. The Kier molecular flexibility index (Phi) is 8.25. The maximum Gasteiger partial charge on any atom is 0.223 e. The Labute approximate surface area is 126 Å². The summed E-state index contributed by atoms with van der Waals surface area (Å²) in [6.07, 6.45) is 9.86. The quantitative estimate of drug-likeness (QED) is 0.745. The summed E-state index contributed by atoms with van der Waals surface area (Å²) in [5, 5.41) is 3.25. The van der Waals surface area contributed by atoms with Gasteiger partial charge in [0.1, 0.15) is 0 Å². The van der Waals surface area contributed by atoms with Crippen molar-refractivity contribution in [3.8, 4) is 0 Å². The molecule has 1 atom stereocenters. The van der Waals surface area contributed by atoms with Crippen molar-refractivity contribution in [2.45, 2.75) is 79.1 Å². The summed E-state index contributed by atoms with van der Waals surface area (Å²) in [6, 6.07) is 0. The van der Waals surface area contributed by atoms with Crippen LogP contribution in [0.4, 0.5) is 0 Å². The molecule has 20 heavy (non-hydrogen) atoms. The fraction of sp³-hybridized carbons (Fsp3) is 0.944. The van der Waals surface area contributed by atoms with Gasteiger partial charge in [-0.1, -0.05) is 59.8 Å².